The van der Waals surface area contributed by atoms with E-state index in [2.05, 4.69) is 0 Å². The highest BCUT2D eigenvalue weighted by atomic mass is 35.5. The van der Waals surface area contributed by atoms with Crippen molar-refractivity contribution in [3.8, 4) is 11.5 Å². The molecule has 0 amide bonds. The zero-order valence-corrected chi connectivity index (χ0v) is 10.0. The van der Waals surface area contributed by atoms with Gasteiger partial charge in [-0.2, -0.15) is 0 Å². The minimum atomic E-state index is -0.545. The summed E-state index contributed by atoms with van der Waals surface area (Å²) in [4.78, 5) is 0. The Bertz CT molecular complexity index is 399. The summed E-state index contributed by atoms with van der Waals surface area (Å²) in [6.45, 7) is 1.82. The fourth-order valence-corrected chi connectivity index (χ4v) is 2.78. The van der Waals surface area contributed by atoms with E-state index in [1.807, 2.05) is 6.92 Å². The van der Waals surface area contributed by atoms with E-state index in [9.17, 15) is 10.2 Å². The van der Waals surface area contributed by atoms with Crippen LogP contribution >= 0.6 is 11.6 Å². The molecule has 0 bridgehead atoms. The van der Waals surface area contributed by atoms with E-state index < -0.39 is 5.54 Å². The number of aromatic hydroxyl groups is 2. The maximum Gasteiger partial charge on any atom is 0.162 e. The Balaban J connectivity index is 2.63. The number of hydrogen-bond acceptors (Lipinski definition) is 3. The number of hydrogen-bond donors (Lipinski definition) is 3. The summed E-state index contributed by atoms with van der Waals surface area (Å²) in [6, 6.07) is 1.36. The fourth-order valence-electron chi connectivity index (χ4n) is 2.59. The lowest BCUT2D eigenvalue weighted by molar-refractivity contribution is 0.372. The topological polar surface area (TPSA) is 66.5 Å². The highest BCUT2D eigenvalue weighted by Gasteiger charge is 2.36. The van der Waals surface area contributed by atoms with Gasteiger partial charge < -0.3 is 15.9 Å². The molecule has 1 aliphatic carbocycles. The van der Waals surface area contributed by atoms with Crippen LogP contribution in [-0.2, 0) is 5.54 Å². The highest BCUT2D eigenvalue weighted by Crippen LogP contribution is 2.46. The zero-order chi connectivity index (χ0) is 11.9. The maximum atomic E-state index is 9.94. The van der Waals surface area contributed by atoms with Gasteiger partial charge in [-0.25, -0.2) is 0 Å². The minimum Gasteiger partial charge on any atom is -0.504 e. The predicted octanol–water partition coefficient (Wildman–Crippen LogP) is 2.79. The Kier molecular flexibility index (Phi) is 2.76. The Labute approximate surface area is 99.8 Å². The van der Waals surface area contributed by atoms with E-state index >= 15 is 0 Å². The molecule has 1 fully saturated rings. The molecule has 0 spiro atoms. The van der Waals surface area contributed by atoms with E-state index in [4.69, 9.17) is 17.3 Å². The average Bonchev–Trinajstić information content (AvgIpc) is 2.63. The van der Waals surface area contributed by atoms with E-state index in [1.54, 1.807) is 0 Å². The van der Waals surface area contributed by atoms with Gasteiger partial charge in [0, 0.05) is 22.2 Å². The molecule has 4 N–H and O–H groups in total. The average molecular weight is 242 g/mol. The lowest BCUT2D eigenvalue weighted by atomic mass is 9.85. The van der Waals surface area contributed by atoms with Crippen molar-refractivity contribution in [1.29, 1.82) is 0 Å². The number of benzene rings is 1. The van der Waals surface area contributed by atoms with Gasteiger partial charge in [-0.1, -0.05) is 24.4 Å². The van der Waals surface area contributed by atoms with Gasteiger partial charge in [-0.05, 0) is 25.3 Å². The second kappa shape index (κ2) is 3.82. The van der Waals surface area contributed by atoms with Gasteiger partial charge >= 0.3 is 0 Å². The monoisotopic (exact) mass is 241 g/mol. The van der Waals surface area contributed by atoms with Gasteiger partial charge in [-0.15, -0.1) is 0 Å². The van der Waals surface area contributed by atoms with Crippen molar-refractivity contribution in [3.05, 3.63) is 22.2 Å². The Morgan fingerprint density at radius 3 is 2.44 bits per heavy atom. The molecule has 1 saturated carbocycles. The number of nitrogens with two attached hydrogens (primary N) is 1. The SMILES string of the molecule is Cc1c(Cl)cc(O)c(O)c1C1(N)CCCC1. The smallest absolute Gasteiger partial charge is 0.162 e. The lowest BCUT2D eigenvalue weighted by Gasteiger charge is -2.27. The van der Waals surface area contributed by atoms with Crippen LogP contribution in [-0.4, -0.2) is 10.2 Å². The van der Waals surface area contributed by atoms with Crippen LogP contribution < -0.4 is 5.73 Å². The number of rotatable bonds is 1. The summed E-state index contributed by atoms with van der Waals surface area (Å²) in [7, 11) is 0. The van der Waals surface area contributed by atoms with Gasteiger partial charge in [0.05, 0.1) is 0 Å². The number of halogens is 1. The second-order valence-corrected chi connectivity index (χ2v) is 5.00. The standard InChI is InChI=1S/C12H16ClNO2/c1-7-8(13)6-9(15)11(16)10(7)12(14)4-2-3-5-12/h6,15-16H,2-5,14H2,1H3. The molecule has 0 radical (unpaired) electrons. The van der Waals surface area contributed by atoms with Crippen LogP contribution in [0, 0.1) is 6.92 Å². The molecule has 3 nitrogen and oxygen atoms in total. The normalized spacial score (nSPS) is 18.9. The molecule has 4 heteroatoms. The van der Waals surface area contributed by atoms with E-state index in [0.717, 1.165) is 31.2 Å². The van der Waals surface area contributed by atoms with Crippen molar-refractivity contribution >= 4 is 11.6 Å². The zero-order valence-electron chi connectivity index (χ0n) is 9.26. The van der Waals surface area contributed by atoms with Crippen LogP contribution in [0.5, 0.6) is 11.5 Å². The van der Waals surface area contributed by atoms with E-state index in [1.165, 1.54) is 6.07 Å². The quantitative estimate of drug-likeness (QED) is 0.663. The third-order valence-corrected chi connectivity index (χ3v) is 3.86. The van der Waals surface area contributed by atoms with Crippen LogP contribution in [0.25, 0.3) is 0 Å². The first-order valence-corrected chi connectivity index (χ1v) is 5.84. The molecule has 1 aromatic rings. The second-order valence-electron chi connectivity index (χ2n) is 4.59. The molecular formula is C12H16ClNO2. The van der Waals surface area contributed by atoms with Crippen molar-refractivity contribution in [1.82, 2.24) is 0 Å². The van der Waals surface area contributed by atoms with E-state index in [-0.39, 0.29) is 11.5 Å². The van der Waals surface area contributed by atoms with Gasteiger partial charge in [-0.3, -0.25) is 0 Å². The summed E-state index contributed by atoms with van der Waals surface area (Å²) in [6.07, 6.45) is 3.73. The van der Waals surface area contributed by atoms with Crippen LogP contribution in [0.1, 0.15) is 36.8 Å². The van der Waals surface area contributed by atoms with Crippen molar-refractivity contribution in [3.63, 3.8) is 0 Å². The number of phenols is 2. The molecule has 0 aliphatic heterocycles. The molecule has 0 unspecified atom stereocenters. The van der Waals surface area contributed by atoms with Crippen LogP contribution in [0.2, 0.25) is 5.02 Å². The van der Waals surface area contributed by atoms with Crippen molar-refractivity contribution in [2.75, 3.05) is 0 Å². The fraction of sp³-hybridized carbons (Fsp3) is 0.500. The van der Waals surface area contributed by atoms with Crippen molar-refractivity contribution < 1.29 is 10.2 Å². The van der Waals surface area contributed by atoms with Gasteiger partial charge in [0.2, 0.25) is 0 Å². The molecule has 1 aromatic carbocycles. The largest absolute Gasteiger partial charge is 0.504 e. The summed E-state index contributed by atoms with van der Waals surface area (Å²) >= 11 is 6.00. The summed E-state index contributed by atoms with van der Waals surface area (Å²) in [5.74, 6) is -0.311. The molecule has 2 rings (SSSR count). The van der Waals surface area contributed by atoms with Crippen molar-refractivity contribution in [2.45, 2.75) is 38.1 Å². The first kappa shape index (κ1) is 11.6. The Morgan fingerprint density at radius 2 is 1.88 bits per heavy atom. The molecular weight excluding hydrogens is 226 g/mol. The van der Waals surface area contributed by atoms with Crippen LogP contribution in [0.15, 0.2) is 6.07 Å². The Morgan fingerprint density at radius 1 is 1.31 bits per heavy atom. The Hall–Kier alpha value is -0.930. The molecule has 88 valence electrons. The van der Waals surface area contributed by atoms with Gasteiger partial charge in [0.15, 0.2) is 11.5 Å². The van der Waals surface area contributed by atoms with Crippen LogP contribution in [0.3, 0.4) is 0 Å². The maximum absolute atomic E-state index is 9.94. The third kappa shape index (κ3) is 1.64. The predicted molar refractivity (Wildman–Crippen MR) is 63.9 cm³/mol. The van der Waals surface area contributed by atoms with Crippen molar-refractivity contribution in [2.24, 2.45) is 5.73 Å². The minimum absolute atomic E-state index is 0.119. The molecule has 1 aliphatic rings. The summed E-state index contributed by atoms with van der Waals surface area (Å²) in [5.41, 5.74) is 7.12. The number of phenolic OH excluding ortho intramolecular Hbond substituents is 2. The third-order valence-electron chi connectivity index (χ3n) is 3.47. The lowest BCUT2D eigenvalue weighted by Crippen LogP contribution is -2.34. The molecule has 0 aromatic heterocycles. The van der Waals surface area contributed by atoms with Crippen LogP contribution in [0.4, 0.5) is 0 Å². The molecule has 16 heavy (non-hydrogen) atoms. The summed E-state index contributed by atoms with van der Waals surface area (Å²) < 4.78 is 0. The molecule has 0 atom stereocenters. The first-order valence-electron chi connectivity index (χ1n) is 5.46. The first-order chi connectivity index (χ1) is 7.46. The van der Waals surface area contributed by atoms with Gasteiger partial charge in [0.1, 0.15) is 0 Å². The van der Waals surface area contributed by atoms with Gasteiger partial charge in [0.25, 0.3) is 0 Å². The highest BCUT2D eigenvalue weighted by molar-refractivity contribution is 6.31. The molecule has 0 heterocycles. The van der Waals surface area contributed by atoms with E-state index in [0.29, 0.717) is 10.6 Å². The molecule has 0 saturated heterocycles. The summed E-state index contributed by atoms with van der Waals surface area (Å²) in [5, 5.41) is 20.0.